The first-order chi connectivity index (χ1) is 16.3. The van der Waals surface area contributed by atoms with Gasteiger partial charge in [0.05, 0.1) is 22.3 Å². The third-order valence-electron chi connectivity index (χ3n) is 5.04. The number of hydrogen-bond acceptors (Lipinski definition) is 10. The van der Waals surface area contributed by atoms with Gasteiger partial charge in [0.1, 0.15) is 22.6 Å². The molecule has 0 amide bonds. The highest BCUT2D eigenvalue weighted by atomic mass is 16.6. The second-order valence-corrected chi connectivity index (χ2v) is 7.04. The molecule has 3 aromatic carbocycles. The number of cyclic esters (lactones) is 6. The Kier molecular flexibility index (Phi) is 4.75. The number of esters is 6. The van der Waals surface area contributed by atoms with Crippen molar-refractivity contribution in [3.63, 3.8) is 0 Å². The van der Waals surface area contributed by atoms with Crippen molar-refractivity contribution >= 4 is 35.8 Å². The zero-order valence-electron chi connectivity index (χ0n) is 16.9. The molecule has 0 aliphatic carbocycles. The van der Waals surface area contributed by atoms with Gasteiger partial charge in [0, 0.05) is 0 Å². The minimum atomic E-state index is -0.827. The van der Waals surface area contributed by atoms with E-state index in [1.807, 2.05) is 0 Å². The lowest BCUT2D eigenvalue weighted by Crippen LogP contribution is -2.01. The summed E-state index contributed by atoms with van der Waals surface area (Å²) < 4.78 is 19.0. The van der Waals surface area contributed by atoms with Crippen molar-refractivity contribution in [3.05, 3.63) is 94.0 Å². The van der Waals surface area contributed by atoms with Gasteiger partial charge in [-0.15, -0.1) is 0 Å². The van der Waals surface area contributed by atoms with E-state index in [9.17, 15) is 28.8 Å². The maximum atomic E-state index is 11.8. The number of carbonyl (C=O) groups excluding carboxylic acids is 6. The Morgan fingerprint density at radius 2 is 0.765 bits per heavy atom. The molecular formula is C24H10O10. The van der Waals surface area contributed by atoms with Crippen LogP contribution in [-0.2, 0) is 14.2 Å². The van der Waals surface area contributed by atoms with Crippen LogP contribution in [0, 0.1) is 0 Å². The lowest BCUT2D eigenvalue weighted by atomic mass is 10.1. The standard InChI is InChI=1S/C16H6O7.C8H4O3/c17-13-7-3-1-5-9(11(7)15(19)22-13)21-10-6-2-4-8-12(10)16(20)23-14(8)18;9-7-5-3-1-2-4-6(5)8(10)11-7/h1-6H;1-4H. The summed E-state index contributed by atoms with van der Waals surface area (Å²) in [5.41, 5.74) is 0.841. The molecule has 0 unspecified atom stereocenters. The molecule has 0 N–H and O–H groups in total. The molecule has 3 heterocycles. The maximum absolute atomic E-state index is 11.8. The highest BCUT2D eigenvalue weighted by Crippen LogP contribution is 2.36. The van der Waals surface area contributed by atoms with Gasteiger partial charge in [0.2, 0.25) is 0 Å². The summed E-state index contributed by atoms with van der Waals surface area (Å²) in [6.45, 7) is 0. The second kappa shape index (κ2) is 7.78. The Morgan fingerprint density at radius 1 is 0.412 bits per heavy atom. The van der Waals surface area contributed by atoms with Crippen LogP contribution in [-0.4, -0.2) is 35.8 Å². The molecule has 3 aliphatic rings. The third kappa shape index (κ3) is 3.30. The van der Waals surface area contributed by atoms with Gasteiger partial charge >= 0.3 is 35.8 Å². The topological polar surface area (TPSA) is 139 Å². The van der Waals surface area contributed by atoms with Crippen LogP contribution in [0.2, 0.25) is 0 Å². The second-order valence-electron chi connectivity index (χ2n) is 7.04. The van der Waals surface area contributed by atoms with E-state index in [0.717, 1.165) is 0 Å². The molecule has 10 heteroatoms. The zero-order valence-corrected chi connectivity index (χ0v) is 16.9. The molecule has 34 heavy (non-hydrogen) atoms. The molecule has 6 rings (SSSR count). The van der Waals surface area contributed by atoms with E-state index >= 15 is 0 Å². The van der Waals surface area contributed by atoms with Crippen LogP contribution in [0.3, 0.4) is 0 Å². The Labute approximate surface area is 189 Å². The van der Waals surface area contributed by atoms with Crippen LogP contribution >= 0.6 is 0 Å². The highest BCUT2D eigenvalue weighted by molar-refractivity contribution is 6.17. The summed E-state index contributed by atoms with van der Waals surface area (Å²) in [6.07, 6.45) is 0. The van der Waals surface area contributed by atoms with E-state index in [4.69, 9.17) is 4.74 Å². The van der Waals surface area contributed by atoms with Crippen LogP contribution in [0.15, 0.2) is 60.7 Å². The van der Waals surface area contributed by atoms with Crippen LogP contribution in [0.5, 0.6) is 11.5 Å². The van der Waals surface area contributed by atoms with Gasteiger partial charge in [-0.3, -0.25) is 0 Å². The first kappa shape index (κ1) is 20.8. The quantitative estimate of drug-likeness (QED) is 0.320. The minimum Gasteiger partial charge on any atom is -0.455 e. The maximum Gasteiger partial charge on any atom is 0.350 e. The first-order valence-corrected chi connectivity index (χ1v) is 9.67. The van der Waals surface area contributed by atoms with Gasteiger partial charge in [0.15, 0.2) is 0 Å². The Bertz CT molecular complexity index is 1360. The summed E-state index contributed by atoms with van der Waals surface area (Å²) in [7, 11) is 0. The Hall–Kier alpha value is -5.12. The molecule has 0 atom stereocenters. The fourth-order valence-electron chi connectivity index (χ4n) is 3.53. The fourth-order valence-corrected chi connectivity index (χ4v) is 3.53. The predicted molar refractivity (Wildman–Crippen MR) is 109 cm³/mol. The van der Waals surface area contributed by atoms with Crippen LogP contribution in [0.25, 0.3) is 0 Å². The molecular weight excluding hydrogens is 448 g/mol. The third-order valence-corrected chi connectivity index (χ3v) is 5.04. The molecule has 0 saturated carbocycles. The Morgan fingerprint density at radius 3 is 1.21 bits per heavy atom. The van der Waals surface area contributed by atoms with Gasteiger partial charge < -0.3 is 18.9 Å². The lowest BCUT2D eigenvalue weighted by Gasteiger charge is -2.09. The smallest absolute Gasteiger partial charge is 0.350 e. The summed E-state index contributed by atoms with van der Waals surface area (Å²) >= 11 is 0. The van der Waals surface area contributed by atoms with Gasteiger partial charge in [-0.05, 0) is 36.4 Å². The number of carbonyl (C=O) groups is 6. The van der Waals surface area contributed by atoms with Gasteiger partial charge in [-0.25, -0.2) is 28.8 Å². The van der Waals surface area contributed by atoms with Crippen molar-refractivity contribution in [2.24, 2.45) is 0 Å². The van der Waals surface area contributed by atoms with Crippen molar-refractivity contribution in [1.29, 1.82) is 0 Å². The predicted octanol–water partition coefficient (Wildman–Crippen LogP) is 3.10. The van der Waals surface area contributed by atoms with Crippen LogP contribution in [0.1, 0.15) is 62.1 Å². The fraction of sp³-hybridized carbons (Fsp3) is 0. The average molecular weight is 458 g/mol. The van der Waals surface area contributed by atoms with Crippen molar-refractivity contribution in [3.8, 4) is 11.5 Å². The molecule has 0 aromatic heterocycles. The van der Waals surface area contributed by atoms with Gasteiger partial charge in [-0.2, -0.15) is 0 Å². The largest absolute Gasteiger partial charge is 0.455 e. The molecule has 3 aromatic rings. The van der Waals surface area contributed by atoms with Gasteiger partial charge in [-0.1, -0.05) is 24.3 Å². The van der Waals surface area contributed by atoms with Crippen LogP contribution < -0.4 is 4.74 Å². The molecule has 0 fully saturated rings. The van der Waals surface area contributed by atoms with E-state index in [-0.39, 0.29) is 33.8 Å². The summed E-state index contributed by atoms with van der Waals surface area (Å²) in [5.74, 6) is -4.17. The Balaban J connectivity index is 0.000000183. The summed E-state index contributed by atoms with van der Waals surface area (Å²) in [5, 5.41) is 0. The number of benzene rings is 3. The van der Waals surface area contributed by atoms with E-state index in [2.05, 4.69) is 14.2 Å². The summed E-state index contributed by atoms with van der Waals surface area (Å²) in [4.78, 5) is 68.3. The molecule has 166 valence electrons. The van der Waals surface area contributed by atoms with E-state index < -0.39 is 35.8 Å². The van der Waals surface area contributed by atoms with Crippen molar-refractivity contribution in [2.45, 2.75) is 0 Å². The van der Waals surface area contributed by atoms with Crippen molar-refractivity contribution < 1.29 is 47.7 Å². The molecule has 10 nitrogen and oxygen atoms in total. The minimum absolute atomic E-state index is 0.0206. The SMILES string of the molecule is O=C1OC(=O)c2c(Oc3cccc4c3C(=O)OC4=O)cccc21.O=C1OC(=O)c2ccccc21. The number of fused-ring (bicyclic) bond motifs is 3. The van der Waals surface area contributed by atoms with Crippen LogP contribution in [0.4, 0.5) is 0 Å². The molecule has 0 saturated heterocycles. The normalized spacial score (nSPS) is 14.9. The summed E-state index contributed by atoms with van der Waals surface area (Å²) in [6, 6.07) is 15.3. The van der Waals surface area contributed by atoms with E-state index in [1.54, 1.807) is 24.3 Å². The number of hydrogen-bond donors (Lipinski definition) is 0. The molecule has 3 aliphatic heterocycles. The lowest BCUT2D eigenvalue weighted by molar-refractivity contribution is 0.0425. The number of rotatable bonds is 2. The molecule has 0 bridgehead atoms. The van der Waals surface area contributed by atoms with E-state index in [0.29, 0.717) is 11.1 Å². The van der Waals surface area contributed by atoms with Crippen molar-refractivity contribution in [1.82, 2.24) is 0 Å². The highest BCUT2D eigenvalue weighted by Gasteiger charge is 2.36. The molecule has 0 spiro atoms. The van der Waals surface area contributed by atoms with E-state index in [1.165, 1.54) is 36.4 Å². The average Bonchev–Trinajstić information content (AvgIpc) is 3.40. The zero-order chi connectivity index (χ0) is 24.0. The first-order valence-electron chi connectivity index (χ1n) is 9.67. The number of ether oxygens (including phenoxy) is 4. The molecule has 0 radical (unpaired) electrons. The van der Waals surface area contributed by atoms with Crippen molar-refractivity contribution in [2.75, 3.05) is 0 Å². The van der Waals surface area contributed by atoms with Gasteiger partial charge in [0.25, 0.3) is 0 Å². The monoisotopic (exact) mass is 458 g/mol.